The fourth-order valence-corrected chi connectivity index (χ4v) is 4.23. The molecule has 1 amide bonds. The molecule has 0 aliphatic carbocycles. The van der Waals surface area contributed by atoms with Gasteiger partial charge in [0, 0.05) is 29.6 Å². The Morgan fingerprint density at radius 1 is 1.34 bits per heavy atom. The third-order valence-electron chi connectivity index (χ3n) is 5.40. The molecule has 2 aromatic heterocycles. The van der Waals surface area contributed by atoms with E-state index in [0.717, 1.165) is 11.0 Å². The van der Waals surface area contributed by atoms with Gasteiger partial charge < -0.3 is 23.9 Å². The van der Waals surface area contributed by atoms with Gasteiger partial charge in [0.2, 0.25) is 0 Å². The molecule has 1 fully saturated rings. The first-order valence-corrected chi connectivity index (χ1v) is 11.2. The minimum absolute atomic E-state index is 0.134. The SMILES string of the molecule is COC(=O)N1CCO[C@@H](Cc2c(-c3ccc(C(=O)O)cc3F)nc3cc(SC)ccn23)C1. The number of benzene rings is 1. The molecule has 168 valence electrons. The molecular formula is C22H22FN3O5S. The zero-order valence-corrected chi connectivity index (χ0v) is 18.4. The van der Waals surface area contributed by atoms with Crippen molar-refractivity contribution in [2.45, 2.75) is 17.4 Å². The van der Waals surface area contributed by atoms with Crippen molar-refractivity contribution >= 4 is 29.5 Å². The predicted octanol–water partition coefficient (Wildman–Crippen LogP) is 3.57. The second-order valence-corrected chi connectivity index (χ2v) is 8.19. The van der Waals surface area contributed by atoms with Gasteiger partial charge in [-0.3, -0.25) is 0 Å². The maximum atomic E-state index is 14.9. The second kappa shape index (κ2) is 9.17. The lowest BCUT2D eigenvalue weighted by Gasteiger charge is -2.32. The predicted molar refractivity (Wildman–Crippen MR) is 117 cm³/mol. The molecule has 1 aromatic carbocycles. The van der Waals surface area contributed by atoms with Crippen LogP contribution in [-0.4, -0.2) is 70.6 Å². The summed E-state index contributed by atoms with van der Waals surface area (Å²) in [5.74, 6) is -1.87. The number of methoxy groups -OCH3 is 1. The molecule has 1 aliphatic heterocycles. The number of rotatable bonds is 5. The molecule has 1 aliphatic rings. The summed E-state index contributed by atoms with van der Waals surface area (Å²) in [6.45, 7) is 1.14. The van der Waals surface area contributed by atoms with E-state index < -0.39 is 17.9 Å². The van der Waals surface area contributed by atoms with Crippen molar-refractivity contribution < 1.29 is 28.6 Å². The number of thioether (sulfide) groups is 1. The Kier molecular flexibility index (Phi) is 6.33. The van der Waals surface area contributed by atoms with Crippen molar-refractivity contribution in [3.05, 3.63) is 53.6 Å². The molecule has 32 heavy (non-hydrogen) atoms. The Balaban J connectivity index is 1.77. The zero-order chi connectivity index (χ0) is 22.8. The number of imidazole rings is 1. The van der Waals surface area contributed by atoms with Crippen molar-refractivity contribution in [1.29, 1.82) is 0 Å². The Morgan fingerprint density at radius 3 is 2.84 bits per heavy atom. The van der Waals surface area contributed by atoms with Gasteiger partial charge in [-0.05, 0) is 36.6 Å². The minimum Gasteiger partial charge on any atom is -0.478 e. The minimum atomic E-state index is -1.20. The van der Waals surface area contributed by atoms with Crippen LogP contribution in [0.25, 0.3) is 16.9 Å². The molecule has 1 atom stereocenters. The molecule has 1 saturated heterocycles. The van der Waals surface area contributed by atoms with Gasteiger partial charge in [-0.15, -0.1) is 11.8 Å². The number of carboxylic acids is 1. The maximum absolute atomic E-state index is 14.9. The number of amides is 1. The summed E-state index contributed by atoms with van der Waals surface area (Å²) < 4.78 is 27.5. The molecule has 0 radical (unpaired) electrons. The van der Waals surface area contributed by atoms with Crippen LogP contribution in [0.5, 0.6) is 0 Å². The fourth-order valence-electron chi connectivity index (χ4n) is 3.81. The molecular weight excluding hydrogens is 437 g/mol. The summed E-state index contributed by atoms with van der Waals surface area (Å²) in [6, 6.07) is 7.64. The van der Waals surface area contributed by atoms with Crippen molar-refractivity contribution in [2.24, 2.45) is 0 Å². The highest BCUT2D eigenvalue weighted by Gasteiger charge is 2.28. The van der Waals surface area contributed by atoms with Crippen LogP contribution in [0.15, 0.2) is 41.4 Å². The molecule has 0 unspecified atom stereocenters. The van der Waals surface area contributed by atoms with Gasteiger partial charge in [0.25, 0.3) is 0 Å². The van der Waals surface area contributed by atoms with E-state index in [1.54, 1.807) is 16.7 Å². The molecule has 0 spiro atoms. The van der Waals surface area contributed by atoms with Crippen LogP contribution < -0.4 is 0 Å². The molecule has 0 bridgehead atoms. The van der Waals surface area contributed by atoms with Crippen LogP contribution >= 0.6 is 11.8 Å². The first-order chi connectivity index (χ1) is 15.4. The number of aromatic nitrogens is 2. The van der Waals surface area contributed by atoms with Gasteiger partial charge in [0.05, 0.1) is 43.3 Å². The number of fused-ring (bicyclic) bond motifs is 1. The van der Waals surface area contributed by atoms with Crippen molar-refractivity contribution in [1.82, 2.24) is 14.3 Å². The molecule has 4 rings (SSSR count). The average molecular weight is 459 g/mol. The number of carbonyl (C=O) groups excluding carboxylic acids is 1. The van der Waals surface area contributed by atoms with Crippen LogP contribution in [0, 0.1) is 5.82 Å². The lowest BCUT2D eigenvalue weighted by atomic mass is 10.0. The highest BCUT2D eigenvalue weighted by atomic mass is 32.2. The summed E-state index contributed by atoms with van der Waals surface area (Å²) >= 11 is 1.57. The highest BCUT2D eigenvalue weighted by Crippen LogP contribution is 2.30. The first kappa shape index (κ1) is 22.1. The van der Waals surface area contributed by atoms with Crippen molar-refractivity contribution in [3.8, 4) is 11.3 Å². The van der Waals surface area contributed by atoms with Crippen LogP contribution in [0.2, 0.25) is 0 Å². The molecule has 0 saturated carbocycles. The van der Waals surface area contributed by atoms with E-state index in [2.05, 4.69) is 4.98 Å². The van der Waals surface area contributed by atoms with Crippen LogP contribution in [0.4, 0.5) is 9.18 Å². The summed E-state index contributed by atoms with van der Waals surface area (Å²) in [6.07, 6.45) is 3.46. The van der Waals surface area contributed by atoms with E-state index >= 15 is 0 Å². The summed E-state index contributed by atoms with van der Waals surface area (Å²) in [7, 11) is 1.34. The van der Waals surface area contributed by atoms with E-state index in [1.807, 2.05) is 29.0 Å². The zero-order valence-electron chi connectivity index (χ0n) is 17.6. The Hall–Kier alpha value is -3.11. The number of aromatic carboxylic acids is 1. The Labute approximate surface area is 187 Å². The van der Waals surface area contributed by atoms with Gasteiger partial charge in [0.15, 0.2) is 0 Å². The van der Waals surface area contributed by atoms with Crippen LogP contribution in [0.1, 0.15) is 16.1 Å². The molecule has 10 heteroatoms. The van der Waals surface area contributed by atoms with Crippen molar-refractivity contribution in [2.75, 3.05) is 33.1 Å². The van der Waals surface area contributed by atoms with E-state index in [4.69, 9.17) is 14.6 Å². The Bertz CT molecular complexity index is 1180. The fraction of sp³-hybridized carbons (Fsp3) is 0.318. The van der Waals surface area contributed by atoms with E-state index in [0.29, 0.717) is 43.2 Å². The van der Waals surface area contributed by atoms with Gasteiger partial charge in [0.1, 0.15) is 11.5 Å². The number of halogens is 1. The quantitative estimate of drug-likeness (QED) is 0.583. The average Bonchev–Trinajstić information content (AvgIpc) is 3.15. The number of hydrogen-bond donors (Lipinski definition) is 1. The lowest BCUT2D eigenvalue weighted by Crippen LogP contribution is -2.46. The lowest BCUT2D eigenvalue weighted by molar-refractivity contribution is -0.0241. The molecule has 3 aromatic rings. The number of carboxylic acid groups (broad SMARTS) is 1. The molecule has 1 N–H and O–H groups in total. The largest absolute Gasteiger partial charge is 0.478 e. The van der Waals surface area contributed by atoms with E-state index in [9.17, 15) is 14.0 Å². The summed E-state index contributed by atoms with van der Waals surface area (Å²) in [5.41, 5.74) is 1.85. The highest BCUT2D eigenvalue weighted by molar-refractivity contribution is 7.98. The summed E-state index contributed by atoms with van der Waals surface area (Å²) in [5, 5.41) is 9.16. The van der Waals surface area contributed by atoms with Gasteiger partial charge in [-0.1, -0.05) is 0 Å². The van der Waals surface area contributed by atoms with Crippen molar-refractivity contribution in [3.63, 3.8) is 0 Å². The van der Waals surface area contributed by atoms with Crippen LogP contribution in [0.3, 0.4) is 0 Å². The third kappa shape index (κ3) is 4.28. The standard InChI is InChI=1S/C22H22FN3O5S/c1-30-22(29)25-7-8-31-14(12-25)10-18-20(16-4-3-13(21(27)28)9-17(16)23)24-19-11-15(32-2)5-6-26(18)19/h3-6,9,11,14H,7-8,10,12H2,1-2H3,(H,27,28)/t14-/m0/s1. The van der Waals surface area contributed by atoms with Gasteiger partial charge in [-0.25, -0.2) is 19.0 Å². The van der Waals surface area contributed by atoms with Gasteiger partial charge >= 0.3 is 12.1 Å². The number of morpholine rings is 1. The summed E-state index contributed by atoms with van der Waals surface area (Å²) in [4.78, 5) is 30.4. The number of carbonyl (C=O) groups is 2. The second-order valence-electron chi connectivity index (χ2n) is 7.31. The van der Waals surface area contributed by atoms with Crippen LogP contribution in [-0.2, 0) is 15.9 Å². The number of nitrogens with zero attached hydrogens (tertiary/aromatic N) is 3. The number of hydrogen-bond acceptors (Lipinski definition) is 6. The van der Waals surface area contributed by atoms with E-state index in [-0.39, 0.29) is 17.2 Å². The maximum Gasteiger partial charge on any atom is 0.409 e. The smallest absolute Gasteiger partial charge is 0.409 e. The first-order valence-electron chi connectivity index (χ1n) is 9.94. The monoisotopic (exact) mass is 459 g/mol. The topological polar surface area (TPSA) is 93.4 Å². The van der Waals surface area contributed by atoms with Gasteiger partial charge in [-0.2, -0.15) is 0 Å². The Morgan fingerprint density at radius 2 is 2.16 bits per heavy atom. The number of pyridine rings is 1. The number of ether oxygens (including phenoxy) is 2. The third-order valence-corrected chi connectivity index (χ3v) is 6.12. The molecule has 8 nitrogen and oxygen atoms in total. The van der Waals surface area contributed by atoms with E-state index in [1.165, 1.54) is 19.2 Å². The normalized spacial score (nSPS) is 16.3. The molecule has 3 heterocycles.